The molecule has 1 aliphatic heterocycles. The fraction of sp³-hybridized carbons (Fsp3) is 0.600. The van der Waals surface area contributed by atoms with Crippen molar-refractivity contribution in [3.05, 3.63) is 34.7 Å². The first-order valence-corrected chi connectivity index (χ1v) is 9.83. The lowest BCUT2D eigenvalue weighted by molar-refractivity contribution is 0.0613. The van der Waals surface area contributed by atoms with Crippen LogP contribution in [0.25, 0.3) is 11.0 Å². The number of nitrogens with one attached hydrogen (secondary N) is 1. The Hall–Kier alpha value is -2.08. The molecule has 1 N–H and O–H groups in total. The number of fused-ring (bicyclic) bond motifs is 1. The fourth-order valence-corrected chi connectivity index (χ4v) is 4.25. The maximum Gasteiger partial charge on any atom is 0.337 e. The average molecular weight is 357 g/mol. The highest BCUT2D eigenvalue weighted by Crippen LogP contribution is 2.21. The summed E-state index contributed by atoms with van der Waals surface area (Å²) in [5, 5.41) is 3.08. The van der Waals surface area contributed by atoms with Crippen molar-refractivity contribution in [3.63, 3.8) is 0 Å². The summed E-state index contributed by atoms with van der Waals surface area (Å²) in [6.07, 6.45) is 7.44. The minimum Gasteiger partial charge on any atom is -0.381 e. The molecule has 26 heavy (non-hydrogen) atoms. The Morgan fingerprint density at radius 1 is 1.04 bits per heavy atom. The number of carbonyl (C=O) groups is 1. The minimum absolute atomic E-state index is 0.181. The van der Waals surface area contributed by atoms with Gasteiger partial charge in [0.15, 0.2) is 0 Å². The summed E-state index contributed by atoms with van der Waals surface area (Å²) >= 11 is 0. The fourth-order valence-electron chi connectivity index (χ4n) is 4.25. The van der Waals surface area contributed by atoms with E-state index in [1.165, 1.54) is 11.0 Å². The van der Waals surface area contributed by atoms with E-state index in [0.29, 0.717) is 18.0 Å². The van der Waals surface area contributed by atoms with Gasteiger partial charge in [0.1, 0.15) is 0 Å². The lowest BCUT2D eigenvalue weighted by Gasteiger charge is -2.22. The molecule has 1 aliphatic carbocycles. The average Bonchev–Trinajstić information content (AvgIpc) is 2.95. The second-order valence-electron chi connectivity index (χ2n) is 7.56. The SMILES string of the molecule is O=C(NC1CCCCC1)n1c(=O)n(CC2CCOCC2)c2ccccc21. The van der Waals surface area contributed by atoms with E-state index in [1.807, 2.05) is 24.3 Å². The molecule has 0 unspecified atom stereocenters. The second kappa shape index (κ2) is 7.66. The van der Waals surface area contributed by atoms with Gasteiger partial charge < -0.3 is 10.1 Å². The van der Waals surface area contributed by atoms with Crippen molar-refractivity contribution in [1.29, 1.82) is 0 Å². The van der Waals surface area contributed by atoms with Gasteiger partial charge in [-0.1, -0.05) is 31.4 Å². The Morgan fingerprint density at radius 2 is 1.73 bits per heavy atom. The molecule has 1 aromatic heterocycles. The van der Waals surface area contributed by atoms with E-state index in [4.69, 9.17) is 4.74 Å². The van der Waals surface area contributed by atoms with E-state index in [-0.39, 0.29) is 17.8 Å². The third kappa shape index (κ3) is 3.43. The standard InChI is InChI=1S/C20H27N3O3/c24-19(21-16-6-2-1-3-7-16)23-18-9-5-4-8-17(18)22(20(23)25)14-15-10-12-26-13-11-15/h4-5,8-9,15-16H,1-3,6-7,10-14H2,(H,21,24). The van der Waals surface area contributed by atoms with Gasteiger partial charge in [-0.2, -0.15) is 0 Å². The number of amides is 1. The maximum atomic E-state index is 13.1. The van der Waals surface area contributed by atoms with E-state index in [2.05, 4.69) is 5.32 Å². The van der Waals surface area contributed by atoms with E-state index in [0.717, 1.165) is 57.3 Å². The quantitative estimate of drug-likeness (QED) is 0.918. The van der Waals surface area contributed by atoms with Crippen LogP contribution < -0.4 is 11.0 Å². The Bertz CT molecular complexity index is 826. The van der Waals surface area contributed by atoms with Gasteiger partial charge >= 0.3 is 11.7 Å². The first-order chi connectivity index (χ1) is 12.7. The van der Waals surface area contributed by atoms with Crippen LogP contribution in [0, 0.1) is 5.92 Å². The second-order valence-corrected chi connectivity index (χ2v) is 7.56. The predicted molar refractivity (Wildman–Crippen MR) is 101 cm³/mol. The zero-order valence-corrected chi connectivity index (χ0v) is 15.2. The number of hydrogen-bond donors (Lipinski definition) is 1. The summed E-state index contributed by atoms with van der Waals surface area (Å²) in [5.74, 6) is 0.419. The van der Waals surface area contributed by atoms with E-state index in [1.54, 1.807) is 4.57 Å². The summed E-state index contributed by atoms with van der Waals surface area (Å²) in [5.41, 5.74) is 1.30. The van der Waals surface area contributed by atoms with E-state index >= 15 is 0 Å². The van der Waals surface area contributed by atoms with Gasteiger partial charge in [-0.05, 0) is 43.7 Å². The van der Waals surface area contributed by atoms with Crippen molar-refractivity contribution in [2.24, 2.45) is 5.92 Å². The number of imidazole rings is 1. The molecule has 1 amide bonds. The van der Waals surface area contributed by atoms with Gasteiger partial charge in [0.2, 0.25) is 0 Å². The van der Waals surface area contributed by atoms with Crippen LogP contribution in [0.4, 0.5) is 4.79 Å². The molecule has 0 bridgehead atoms. The number of carbonyl (C=O) groups excluding carboxylic acids is 1. The smallest absolute Gasteiger partial charge is 0.337 e. The van der Waals surface area contributed by atoms with Crippen LogP contribution in [0.5, 0.6) is 0 Å². The summed E-state index contributed by atoms with van der Waals surface area (Å²) in [7, 11) is 0. The lowest BCUT2D eigenvalue weighted by atomic mass is 9.96. The third-order valence-electron chi connectivity index (χ3n) is 5.75. The molecule has 2 aliphatic rings. The summed E-state index contributed by atoms with van der Waals surface area (Å²) < 4.78 is 8.52. The third-order valence-corrected chi connectivity index (χ3v) is 5.75. The minimum atomic E-state index is -0.288. The van der Waals surface area contributed by atoms with Gasteiger partial charge in [0.05, 0.1) is 11.0 Å². The van der Waals surface area contributed by atoms with Crippen molar-refractivity contribution in [2.75, 3.05) is 13.2 Å². The van der Waals surface area contributed by atoms with Crippen LogP contribution in [-0.4, -0.2) is 34.4 Å². The lowest BCUT2D eigenvalue weighted by Crippen LogP contribution is -2.43. The molecule has 1 aromatic carbocycles. The molecule has 2 fully saturated rings. The van der Waals surface area contributed by atoms with Crippen molar-refractivity contribution in [2.45, 2.75) is 57.5 Å². The normalized spacial score (nSPS) is 19.7. The molecule has 140 valence electrons. The molecule has 6 nitrogen and oxygen atoms in total. The summed E-state index contributed by atoms with van der Waals surface area (Å²) in [6, 6.07) is 7.49. The highest BCUT2D eigenvalue weighted by molar-refractivity contribution is 5.89. The molecule has 6 heteroatoms. The number of nitrogens with zero attached hydrogens (tertiary/aromatic N) is 2. The number of rotatable bonds is 3. The molecule has 4 rings (SSSR count). The zero-order chi connectivity index (χ0) is 17.9. The van der Waals surface area contributed by atoms with Crippen LogP contribution in [0.15, 0.2) is 29.1 Å². The van der Waals surface area contributed by atoms with Gasteiger partial charge in [-0.3, -0.25) is 4.57 Å². The van der Waals surface area contributed by atoms with Gasteiger partial charge in [0, 0.05) is 25.8 Å². The van der Waals surface area contributed by atoms with Gasteiger partial charge in [-0.25, -0.2) is 14.2 Å². The molecule has 1 saturated heterocycles. The first kappa shape index (κ1) is 17.3. The van der Waals surface area contributed by atoms with Crippen LogP contribution in [0.1, 0.15) is 44.9 Å². The highest BCUT2D eigenvalue weighted by Gasteiger charge is 2.23. The Morgan fingerprint density at radius 3 is 2.46 bits per heavy atom. The molecule has 0 radical (unpaired) electrons. The van der Waals surface area contributed by atoms with Gasteiger partial charge in [-0.15, -0.1) is 0 Å². The Balaban J connectivity index is 1.64. The molecule has 2 heterocycles. The first-order valence-electron chi connectivity index (χ1n) is 9.83. The topological polar surface area (TPSA) is 65.3 Å². The molecule has 1 saturated carbocycles. The Kier molecular flexibility index (Phi) is 5.11. The molecule has 2 aromatic rings. The largest absolute Gasteiger partial charge is 0.381 e. The number of benzene rings is 1. The van der Waals surface area contributed by atoms with Crippen LogP contribution >= 0.6 is 0 Å². The van der Waals surface area contributed by atoms with Crippen LogP contribution in [0.3, 0.4) is 0 Å². The number of ether oxygens (including phenoxy) is 1. The monoisotopic (exact) mass is 357 g/mol. The summed E-state index contributed by atoms with van der Waals surface area (Å²) in [4.78, 5) is 26.0. The summed E-state index contributed by atoms with van der Waals surface area (Å²) in [6.45, 7) is 2.15. The molecule has 0 atom stereocenters. The van der Waals surface area contributed by atoms with Crippen molar-refractivity contribution < 1.29 is 9.53 Å². The Labute approximate surface area is 153 Å². The molecule has 0 spiro atoms. The van der Waals surface area contributed by atoms with E-state index < -0.39 is 0 Å². The molecular formula is C20H27N3O3. The zero-order valence-electron chi connectivity index (χ0n) is 15.2. The van der Waals surface area contributed by atoms with Crippen LogP contribution in [0.2, 0.25) is 0 Å². The van der Waals surface area contributed by atoms with Crippen LogP contribution in [-0.2, 0) is 11.3 Å². The number of para-hydroxylation sites is 2. The molecular weight excluding hydrogens is 330 g/mol. The highest BCUT2D eigenvalue weighted by atomic mass is 16.5. The van der Waals surface area contributed by atoms with E-state index in [9.17, 15) is 9.59 Å². The van der Waals surface area contributed by atoms with Crippen molar-refractivity contribution in [3.8, 4) is 0 Å². The maximum absolute atomic E-state index is 13.1. The van der Waals surface area contributed by atoms with Crippen molar-refractivity contribution in [1.82, 2.24) is 14.5 Å². The number of aromatic nitrogens is 2. The van der Waals surface area contributed by atoms with Crippen molar-refractivity contribution >= 4 is 17.1 Å². The number of hydrogen-bond acceptors (Lipinski definition) is 3. The van der Waals surface area contributed by atoms with Gasteiger partial charge in [0.25, 0.3) is 0 Å². The predicted octanol–water partition coefficient (Wildman–Crippen LogP) is 3.12.